The van der Waals surface area contributed by atoms with Crippen LogP contribution >= 0.6 is 15.9 Å². The van der Waals surface area contributed by atoms with Gasteiger partial charge in [-0.1, -0.05) is 12.1 Å². The Labute approximate surface area is 113 Å². The molecule has 18 heavy (non-hydrogen) atoms. The van der Waals surface area contributed by atoms with Gasteiger partial charge in [0.25, 0.3) is 0 Å². The van der Waals surface area contributed by atoms with Gasteiger partial charge in [-0.2, -0.15) is 0 Å². The average Bonchev–Trinajstić information content (AvgIpc) is 2.78. The van der Waals surface area contributed by atoms with Gasteiger partial charge in [0.1, 0.15) is 5.82 Å². The number of nitrogens with zero attached hydrogens (tertiary/aromatic N) is 3. The minimum absolute atomic E-state index is 0.282. The minimum atomic E-state index is -0.282. The van der Waals surface area contributed by atoms with Crippen LogP contribution in [0.15, 0.2) is 28.9 Å². The van der Waals surface area contributed by atoms with E-state index in [9.17, 15) is 4.39 Å². The van der Waals surface area contributed by atoms with E-state index in [0.717, 1.165) is 24.3 Å². The lowest BCUT2D eigenvalue weighted by Crippen LogP contribution is -2.13. The molecule has 2 aromatic rings. The highest BCUT2D eigenvalue weighted by Gasteiger charge is 2.06. The molecule has 0 spiro atoms. The highest BCUT2D eigenvalue weighted by molar-refractivity contribution is 9.10. The molecule has 1 aromatic heterocycles. The van der Waals surface area contributed by atoms with Crippen LogP contribution in [-0.4, -0.2) is 21.5 Å². The normalized spacial score (nSPS) is 10.8. The van der Waals surface area contributed by atoms with Crippen LogP contribution in [0.1, 0.15) is 19.0 Å². The third-order valence-electron chi connectivity index (χ3n) is 2.43. The number of rotatable bonds is 5. The molecule has 4 nitrogen and oxygen atoms in total. The van der Waals surface area contributed by atoms with Crippen LogP contribution in [0.2, 0.25) is 0 Å². The van der Waals surface area contributed by atoms with Crippen molar-refractivity contribution in [3.63, 3.8) is 0 Å². The molecule has 0 aliphatic carbocycles. The minimum Gasteiger partial charge on any atom is -0.311 e. The van der Waals surface area contributed by atoms with Crippen LogP contribution in [-0.2, 0) is 6.54 Å². The van der Waals surface area contributed by atoms with Gasteiger partial charge in [0, 0.05) is 11.0 Å². The van der Waals surface area contributed by atoms with E-state index in [2.05, 4.69) is 38.5 Å². The summed E-state index contributed by atoms with van der Waals surface area (Å²) in [5, 5.41) is 11.3. The molecule has 1 heterocycles. The van der Waals surface area contributed by atoms with Crippen LogP contribution in [0.4, 0.5) is 4.39 Å². The van der Waals surface area contributed by atoms with Crippen LogP contribution in [0, 0.1) is 5.82 Å². The van der Waals surface area contributed by atoms with Crippen molar-refractivity contribution in [1.29, 1.82) is 0 Å². The first-order valence-electron chi connectivity index (χ1n) is 5.78. The summed E-state index contributed by atoms with van der Waals surface area (Å²) in [4.78, 5) is 0. The molecule has 0 unspecified atom stereocenters. The van der Waals surface area contributed by atoms with E-state index < -0.39 is 0 Å². The van der Waals surface area contributed by atoms with Gasteiger partial charge < -0.3 is 5.32 Å². The maximum atomic E-state index is 13.0. The van der Waals surface area contributed by atoms with Crippen LogP contribution in [0.3, 0.4) is 0 Å². The van der Waals surface area contributed by atoms with Crippen molar-refractivity contribution >= 4 is 15.9 Å². The Hall–Kier alpha value is -1.27. The number of halogens is 2. The number of aromatic nitrogens is 3. The maximum Gasteiger partial charge on any atom is 0.124 e. The summed E-state index contributed by atoms with van der Waals surface area (Å²) in [6.07, 6.45) is 2.91. The van der Waals surface area contributed by atoms with Gasteiger partial charge >= 0.3 is 0 Å². The van der Waals surface area contributed by atoms with E-state index in [1.807, 2.05) is 6.20 Å². The second kappa shape index (κ2) is 6.06. The Morgan fingerprint density at radius 3 is 3.00 bits per heavy atom. The molecule has 96 valence electrons. The van der Waals surface area contributed by atoms with Crippen molar-refractivity contribution < 1.29 is 4.39 Å². The lowest BCUT2D eigenvalue weighted by molar-refractivity contribution is 0.625. The molecular weight excluding hydrogens is 299 g/mol. The van der Waals surface area contributed by atoms with Gasteiger partial charge in [-0.3, -0.25) is 0 Å². The molecule has 0 bridgehead atoms. The number of hydrogen-bond acceptors (Lipinski definition) is 3. The highest BCUT2D eigenvalue weighted by Crippen LogP contribution is 2.21. The topological polar surface area (TPSA) is 42.7 Å². The van der Waals surface area contributed by atoms with Gasteiger partial charge in [-0.05, 0) is 47.1 Å². The Morgan fingerprint density at radius 1 is 1.44 bits per heavy atom. The van der Waals surface area contributed by atoms with Crippen molar-refractivity contribution in [3.8, 4) is 5.69 Å². The van der Waals surface area contributed by atoms with E-state index in [1.165, 1.54) is 12.1 Å². The monoisotopic (exact) mass is 312 g/mol. The Kier molecular flexibility index (Phi) is 4.43. The summed E-state index contributed by atoms with van der Waals surface area (Å²) >= 11 is 3.31. The molecule has 6 heteroatoms. The van der Waals surface area contributed by atoms with E-state index in [-0.39, 0.29) is 5.82 Å². The summed E-state index contributed by atoms with van der Waals surface area (Å²) in [6, 6.07) is 4.47. The van der Waals surface area contributed by atoms with Gasteiger partial charge in [0.05, 0.1) is 17.6 Å². The average molecular weight is 313 g/mol. The second-order valence-electron chi connectivity index (χ2n) is 3.93. The molecule has 0 fully saturated rings. The summed E-state index contributed by atoms with van der Waals surface area (Å²) in [7, 11) is 0. The largest absolute Gasteiger partial charge is 0.311 e. The van der Waals surface area contributed by atoms with E-state index >= 15 is 0 Å². The third-order valence-corrected chi connectivity index (χ3v) is 3.07. The molecule has 0 radical (unpaired) electrons. The number of benzene rings is 1. The first kappa shape index (κ1) is 13.2. The molecule has 0 amide bonds. The summed E-state index contributed by atoms with van der Waals surface area (Å²) in [5.41, 5.74) is 1.63. The van der Waals surface area contributed by atoms with E-state index in [4.69, 9.17) is 0 Å². The lowest BCUT2D eigenvalue weighted by atomic mass is 10.3. The molecule has 0 saturated heterocycles. The first-order valence-corrected chi connectivity index (χ1v) is 6.57. The molecule has 2 rings (SSSR count). The maximum absolute atomic E-state index is 13.0. The molecule has 0 saturated carbocycles. The van der Waals surface area contributed by atoms with Gasteiger partial charge in [-0.25, -0.2) is 9.07 Å². The van der Waals surface area contributed by atoms with Gasteiger partial charge in [0.2, 0.25) is 0 Å². The van der Waals surface area contributed by atoms with Crippen molar-refractivity contribution in [2.45, 2.75) is 19.9 Å². The van der Waals surface area contributed by atoms with Crippen molar-refractivity contribution in [3.05, 3.63) is 40.4 Å². The fourth-order valence-corrected chi connectivity index (χ4v) is 2.09. The fourth-order valence-electron chi connectivity index (χ4n) is 1.56. The van der Waals surface area contributed by atoms with Crippen molar-refractivity contribution in [2.75, 3.05) is 6.54 Å². The van der Waals surface area contributed by atoms with Crippen molar-refractivity contribution in [1.82, 2.24) is 20.3 Å². The Balaban J connectivity index is 2.13. The quantitative estimate of drug-likeness (QED) is 0.863. The van der Waals surface area contributed by atoms with E-state index in [0.29, 0.717) is 11.0 Å². The van der Waals surface area contributed by atoms with Gasteiger partial charge in [-0.15, -0.1) is 5.10 Å². The van der Waals surface area contributed by atoms with Crippen LogP contribution in [0.5, 0.6) is 0 Å². The second-order valence-corrected chi connectivity index (χ2v) is 4.78. The zero-order valence-electron chi connectivity index (χ0n) is 10.0. The summed E-state index contributed by atoms with van der Waals surface area (Å²) in [6.45, 7) is 3.75. The molecule has 0 atom stereocenters. The smallest absolute Gasteiger partial charge is 0.124 e. The molecule has 1 N–H and O–H groups in total. The zero-order chi connectivity index (χ0) is 13.0. The summed E-state index contributed by atoms with van der Waals surface area (Å²) in [5.74, 6) is -0.282. The predicted molar refractivity (Wildman–Crippen MR) is 71.0 cm³/mol. The molecule has 0 aliphatic heterocycles. The SMILES string of the molecule is CCCNCc1cn(-c2ccc(F)cc2Br)nn1. The predicted octanol–water partition coefficient (Wildman–Crippen LogP) is 2.67. The Bertz CT molecular complexity index is 527. The third kappa shape index (κ3) is 3.14. The first-order chi connectivity index (χ1) is 8.70. The highest BCUT2D eigenvalue weighted by atomic mass is 79.9. The lowest BCUT2D eigenvalue weighted by Gasteiger charge is -2.02. The summed E-state index contributed by atoms with van der Waals surface area (Å²) < 4.78 is 15.3. The zero-order valence-corrected chi connectivity index (χ0v) is 11.6. The van der Waals surface area contributed by atoms with Crippen molar-refractivity contribution in [2.24, 2.45) is 0 Å². The van der Waals surface area contributed by atoms with Crippen LogP contribution < -0.4 is 5.32 Å². The molecule has 0 aliphatic rings. The fraction of sp³-hybridized carbons (Fsp3) is 0.333. The standard InChI is InChI=1S/C12H14BrFN4/c1-2-5-15-7-10-8-18(17-16-10)12-4-3-9(14)6-11(12)13/h3-4,6,8,15H,2,5,7H2,1H3. The van der Waals surface area contributed by atoms with Crippen LogP contribution in [0.25, 0.3) is 5.69 Å². The molecule has 1 aromatic carbocycles. The Morgan fingerprint density at radius 2 is 2.28 bits per heavy atom. The van der Waals surface area contributed by atoms with Gasteiger partial charge in [0.15, 0.2) is 0 Å². The number of nitrogens with one attached hydrogen (secondary N) is 1. The van der Waals surface area contributed by atoms with E-state index in [1.54, 1.807) is 10.7 Å². The molecular formula is C12H14BrFN4. The number of hydrogen-bond donors (Lipinski definition) is 1.